The van der Waals surface area contributed by atoms with E-state index >= 15 is 0 Å². The van der Waals surface area contributed by atoms with Gasteiger partial charge in [0.05, 0.1) is 15.6 Å². The Kier molecular flexibility index (Phi) is 3.86. The van der Waals surface area contributed by atoms with Crippen molar-refractivity contribution in [2.24, 2.45) is 0 Å². The number of benzene rings is 1. The molecule has 1 aromatic heterocycles. The van der Waals surface area contributed by atoms with Crippen molar-refractivity contribution in [3.05, 3.63) is 50.4 Å². The quantitative estimate of drug-likeness (QED) is 0.629. The van der Waals surface area contributed by atoms with Gasteiger partial charge in [-0.3, -0.25) is 10.1 Å². The molecule has 0 saturated heterocycles. The van der Waals surface area contributed by atoms with E-state index in [-0.39, 0.29) is 21.7 Å². The number of rotatable bonds is 3. The summed E-state index contributed by atoms with van der Waals surface area (Å²) in [6.45, 7) is 0. The van der Waals surface area contributed by atoms with Crippen LogP contribution in [0.4, 0.5) is 10.1 Å². The van der Waals surface area contributed by atoms with Gasteiger partial charge in [0.1, 0.15) is 17.4 Å². The van der Waals surface area contributed by atoms with Crippen molar-refractivity contribution in [2.45, 2.75) is 0 Å². The molecular weight excluding hydrogens is 335 g/mol. The van der Waals surface area contributed by atoms with Crippen LogP contribution in [0.15, 0.2) is 28.9 Å². The van der Waals surface area contributed by atoms with Gasteiger partial charge in [-0.15, -0.1) is 5.10 Å². The molecule has 0 aliphatic carbocycles. The van der Waals surface area contributed by atoms with E-state index in [2.05, 4.69) is 26.1 Å². The fraction of sp³-hybridized carbons (Fsp3) is 0. The molecule has 0 saturated carbocycles. The van der Waals surface area contributed by atoms with Crippen molar-refractivity contribution in [2.75, 3.05) is 0 Å². The molecule has 0 N–H and O–H groups in total. The summed E-state index contributed by atoms with van der Waals surface area (Å²) in [6, 6.07) is 4.91. The molecule has 2 rings (SSSR count). The second-order valence-electron chi connectivity index (χ2n) is 3.46. The first-order valence-corrected chi connectivity index (χ1v) is 5.85. The second kappa shape index (κ2) is 5.58. The highest BCUT2D eigenvalue weighted by Gasteiger charge is 2.21. The first-order valence-electron chi connectivity index (χ1n) is 5.06. The maximum atomic E-state index is 13.5. The number of aromatic nitrogens is 2. The van der Waals surface area contributed by atoms with E-state index in [1.54, 1.807) is 6.07 Å². The predicted octanol–water partition coefficient (Wildman–Crippen LogP) is 2.95. The maximum Gasteiger partial charge on any atom is 0.312 e. The van der Waals surface area contributed by atoms with Crippen LogP contribution >= 0.6 is 15.9 Å². The van der Waals surface area contributed by atoms with Crippen LogP contribution in [0.5, 0.6) is 11.6 Å². The van der Waals surface area contributed by atoms with Crippen molar-refractivity contribution in [3.63, 3.8) is 0 Å². The summed E-state index contributed by atoms with van der Waals surface area (Å²) in [4.78, 5) is 10.2. The molecule has 0 spiro atoms. The average Bonchev–Trinajstić information content (AvgIpc) is 2.43. The Morgan fingerprint density at radius 3 is 2.90 bits per heavy atom. The lowest BCUT2D eigenvalue weighted by atomic mass is 10.3. The molecule has 1 heterocycles. The van der Waals surface area contributed by atoms with Crippen molar-refractivity contribution in [1.29, 1.82) is 5.26 Å². The number of nitriles is 1. The summed E-state index contributed by atoms with van der Waals surface area (Å²) in [5.41, 5.74) is -0.439. The Morgan fingerprint density at radius 2 is 2.25 bits per heavy atom. The van der Waals surface area contributed by atoms with Crippen LogP contribution in [-0.4, -0.2) is 15.1 Å². The molecule has 20 heavy (non-hydrogen) atoms. The first kappa shape index (κ1) is 13.8. The Morgan fingerprint density at radius 1 is 1.50 bits per heavy atom. The molecule has 0 radical (unpaired) electrons. The molecule has 7 nitrogen and oxygen atoms in total. The summed E-state index contributed by atoms with van der Waals surface area (Å²) in [7, 11) is 0. The Bertz CT molecular complexity index is 732. The average molecular weight is 339 g/mol. The number of hydrogen-bond donors (Lipinski definition) is 0. The number of nitro groups is 1. The van der Waals surface area contributed by atoms with E-state index in [0.717, 1.165) is 12.1 Å². The minimum Gasteiger partial charge on any atom is -0.429 e. The van der Waals surface area contributed by atoms with Gasteiger partial charge < -0.3 is 4.74 Å². The van der Waals surface area contributed by atoms with Gasteiger partial charge in [0, 0.05) is 12.1 Å². The Hall–Kier alpha value is -2.60. The van der Waals surface area contributed by atoms with Crippen LogP contribution in [0.25, 0.3) is 0 Å². The van der Waals surface area contributed by atoms with E-state index in [9.17, 15) is 14.5 Å². The predicted molar refractivity (Wildman–Crippen MR) is 67.6 cm³/mol. The lowest BCUT2D eigenvalue weighted by Crippen LogP contribution is -1.98. The van der Waals surface area contributed by atoms with Crippen molar-refractivity contribution in [1.82, 2.24) is 10.2 Å². The molecule has 0 bridgehead atoms. The fourth-order valence-electron chi connectivity index (χ4n) is 1.33. The molecule has 0 aliphatic rings. The molecule has 0 fully saturated rings. The highest BCUT2D eigenvalue weighted by Crippen LogP contribution is 2.35. The molecule has 0 amide bonds. The van der Waals surface area contributed by atoms with Gasteiger partial charge >= 0.3 is 5.69 Å². The second-order valence-corrected chi connectivity index (χ2v) is 4.31. The lowest BCUT2D eigenvalue weighted by molar-refractivity contribution is -0.385. The third kappa shape index (κ3) is 2.70. The molecule has 0 aliphatic heterocycles. The summed E-state index contributed by atoms with van der Waals surface area (Å²) in [6.07, 6.45) is 1.27. The monoisotopic (exact) mass is 338 g/mol. The van der Waals surface area contributed by atoms with Gasteiger partial charge in [-0.25, -0.2) is 4.39 Å². The third-order valence-corrected chi connectivity index (χ3v) is 2.82. The van der Waals surface area contributed by atoms with E-state index < -0.39 is 16.4 Å². The molecule has 0 atom stereocenters. The van der Waals surface area contributed by atoms with E-state index in [0.29, 0.717) is 0 Å². The highest BCUT2D eigenvalue weighted by molar-refractivity contribution is 9.10. The van der Waals surface area contributed by atoms with Crippen molar-refractivity contribution >= 4 is 21.6 Å². The highest BCUT2D eigenvalue weighted by atomic mass is 79.9. The number of halogens is 2. The summed E-state index contributed by atoms with van der Waals surface area (Å²) < 4.78 is 18.5. The van der Waals surface area contributed by atoms with Crippen LogP contribution in [0.1, 0.15) is 5.56 Å². The third-order valence-electron chi connectivity index (χ3n) is 2.21. The molecule has 1 aromatic carbocycles. The number of nitro benzene ring substituents is 1. The largest absolute Gasteiger partial charge is 0.429 e. The smallest absolute Gasteiger partial charge is 0.312 e. The van der Waals surface area contributed by atoms with Crippen LogP contribution < -0.4 is 4.74 Å². The summed E-state index contributed by atoms with van der Waals surface area (Å²) in [5, 5.41) is 26.8. The van der Waals surface area contributed by atoms with E-state index in [1.165, 1.54) is 12.3 Å². The zero-order valence-electron chi connectivity index (χ0n) is 9.58. The standard InChI is InChI=1S/C11H4BrFN4O3/c12-7-3-9(17(18)19)10(4-8(7)13)20-11-6(5-14)1-2-15-16-11/h1-4H. The zero-order chi connectivity index (χ0) is 14.7. The topological polar surface area (TPSA) is 102 Å². The molecule has 100 valence electrons. The van der Waals surface area contributed by atoms with Crippen LogP contribution in [0.3, 0.4) is 0 Å². The summed E-state index contributed by atoms with van der Waals surface area (Å²) >= 11 is 2.85. The normalized spacial score (nSPS) is 9.85. The van der Waals surface area contributed by atoms with Gasteiger partial charge in [-0.05, 0) is 22.0 Å². The SMILES string of the molecule is N#Cc1ccnnc1Oc1cc(F)c(Br)cc1[N+](=O)[O-]. The lowest BCUT2D eigenvalue weighted by Gasteiger charge is -2.06. The van der Waals surface area contributed by atoms with Crippen molar-refractivity contribution < 1.29 is 14.1 Å². The minimum atomic E-state index is -0.743. The van der Waals surface area contributed by atoms with Gasteiger partial charge in [-0.1, -0.05) is 0 Å². The van der Waals surface area contributed by atoms with E-state index in [4.69, 9.17) is 10.00 Å². The Balaban J connectivity index is 2.51. The van der Waals surface area contributed by atoms with Crippen LogP contribution in [0, 0.1) is 27.3 Å². The molecule has 2 aromatic rings. The van der Waals surface area contributed by atoms with Gasteiger partial charge in [0.2, 0.25) is 5.75 Å². The van der Waals surface area contributed by atoms with Gasteiger partial charge in [0.15, 0.2) is 0 Å². The van der Waals surface area contributed by atoms with Crippen molar-refractivity contribution in [3.8, 4) is 17.7 Å². The summed E-state index contributed by atoms with van der Waals surface area (Å²) in [5.74, 6) is -1.35. The molecule has 9 heteroatoms. The van der Waals surface area contributed by atoms with Gasteiger partial charge in [0.25, 0.3) is 5.88 Å². The minimum absolute atomic E-state index is 0.0256. The van der Waals surface area contributed by atoms with E-state index in [1.807, 2.05) is 0 Å². The van der Waals surface area contributed by atoms with Gasteiger partial charge in [-0.2, -0.15) is 10.4 Å². The zero-order valence-corrected chi connectivity index (χ0v) is 11.2. The first-order chi connectivity index (χ1) is 9.52. The maximum absolute atomic E-state index is 13.5. The number of nitrogens with zero attached hydrogens (tertiary/aromatic N) is 4. The fourth-order valence-corrected chi connectivity index (χ4v) is 1.66. The Labute approximate surface area is 119 Å². The van der Waals surface area contributed by atoms with Crippen LogP contribution in [-0.2, 0) is 0 Å². The van der Waals surface area contributed by atoms with Crippen LogP contribution in [0.2, 0.25) is 0 Å². The number of ether oxygens (including phenoxy) is 1. The molecule has 0 unspecified atom stereocenters. The number of hydrogen-bond acceptors (Lipinski definition) is 6. The molecular formula is C11H4BrFN4O3.